The molecule has 0 aromatic heterocycles. The van der Waals surface area contributed by atoms with E-state index in [1.54, 1.807) is 0 Å². The molecule has 0 radical (unpaired) electrons. The number of rotatable bonds is 41. The molecular weight excluding hydrogens is 719 g/mol. The van der Waals surface area contributed by atoms with Gasteiger partial charge in [0, 0.05) is 25.8 Å². The Morgan fingerprint density at radius 1 is 0.526 bits per heavy atom. The fourth-order valence-corrected chi connectivity index (χ4v) is 7.48. The monoisotopic (exact) mass is 810 g/mol. The van der Waals surface area contributed by atoms with Gasteiger partial charge < -0.3 is 28.6 Å². The minimum Gasteiger partial charge on any atom is -0.462 e. The highest BCUT2D eigenvalue weighted by atomic mass is 16.7. The Morgan fingerprint density at radius 3 is 1.30 bits per heavy atom. The second-order valence-corrected chi connectivity index (χ2v) is 17.2. The molecule has 0 spiro atoms. The first-order chi connectivity index (χ1) is 27.8. The van der Waals surface area contributed by atoms with Gasteiger partial charge in [0.15, 0.2) is 18.5 Å². The van der Waals surface area contributed by atoms with Gasteiger partial charge in [0.25, 0.3) is 0 Å². The maximum Gasteiger partial charge on any atom is 0.306 e. The summed E-state index contributed by atoms with van der Waals surface area (Å²) in [6.45, 7) is 7.67. The number of esters is 3. The molecule has 1 fully saturated rings. The number of nitrogens with zero attached hydrogens (tertiary/aromatic N) is 1. The number of unbranched alkanes of at least 4 members (excludes halogenated alkanes) is 26. The van der Waals surface area contributed by atoms with Crippen molar-refractivity contribution in [3.8, 4) is 0 Å². The fraction of sp³-hybridized carbons (Fsp3) is 0.938. The molecule has 9 nitrogen and oxygen atoms in total. The standard InChI is InChI=1S/C48H91NO8/c1-6-9-12-15-18-21-22-25-28-30-33-36-45(51)56-43(41-53-44(50)35-32-29-26-23-19-16-13-10-7-2)47(48-54-40-42(55-48)38-39-49(4)5)57-46(52)37-34-31-27-24-20-17-14-11-8-3/h42-43,47-48H,6-41H2,1-5H3/t42?,43?,47?,48-/m1/s1. The molecule has 0 aromatic rings. The van der Waals surface area contributed by atoms with E-state index >= 15 is 0 Å². The molecule has 1 aliphatic heterocycles. The first-order valence-electron chi connectivity index (χ1n) is 24.3. The highest BCUT2D eigenvalue weighted by molar-refractivity contribution is 5.71. The van der Waals surface area contributed by atoms with Crippen molar-refractivity contribution in [1.82, 2.24) is 4.90 Å². The summed E-state index contributed by atoms with van der Waals surface area (Å²) in [5, 5.41) is 0. The van der Waals surface area contributed by atoms with Crippen molar-refractivity contribution in [1.29, 1.82) is 0 Å². The molecule has 336 valence electrons. The average molecular weight is 810 g/mol. The molecule has 1 rings (SSSR count). The van der Waals surface area contributed by atoms with E-state index < -0.39 is 18.5 Å². The summed E-state index contributed by atoms with van der Waals surface area (Å²) in [6, 6.07) is 0. The van der Waals surface area contributed by atoms with E-state index in [1.807, 2.05) is 14.1 Å². The van der Waals surface area contributed by atoms with Crippen LogP contribution < -0.4 is 0 Å². The van der Waals surface area contributed by atoms with Gasteiger partial charge in [-0.15, -0.1) is 0 Å². The van der Waals surface area contributed by atoms with Crippen molar-refractivity contribution >= 4 is 17.9 Å². The molecule has 0 saturated carbocycles. The van der Waals surface area contributed by atoms with Crippen molar-refractivity contribution < 1.29 is 38.1 Å². The summed E-state index contributed by atoms with van der Waals surface area (Å²) in [6.07, 6.45) is 32.3. The van der Waals surface area contributed by atoms with Gasteiger partial charge in [-0.3, -0.25) is 14.4 Å². The Bertz CT molecular complexity index is 945. The zero-order chi connectivity index (χ0) is 41.6. The van der Waals surface area contributed by atoms with Gasteiger partial charge in [-0.2, -0.15) is 0 Å². The Labute approximate surface area is 351 Å². The lowest BCUT2D eigenvalue weighted by Gasteiger charge is -2.30. The van der Waals surface area contributed by atoms with Crippen LogP contribution in [0.15, 0.2) is 0 Å². The Kier molecular flexibility index (Phi) is 36.0. The smallest absolute Gasteiger partial charge is 0.306 e. The highest BCUT2D eigenvalue weighted by Crippen LogP contribution is 2.25. The molecule has 0 bridgehead atoms. The minimum atomic E-state index is -1.04. The average Bonchev–Trinajstić information content (AvgIpc) is 3.67. The maximum atomic E-state index is 13.3. The van der Waals surface area contributed by atoms with Crippen LogP contribution in [0.1, 0.15) is 233 Å². The van der Waals surface area contributed by atoms with Crippen LogP contribution in [-0.4, -0.2) is 81.3 Å². The van der Waals surface area contributed by atoms with Gasteiger partial charge >= 0.3 is 17.9 Å². The number of hydrogen-bond donors (Lipinski definition) is 0. The number of carbonyl (C=O) groups is 3. The Balaban J connectivity index is 2.83. The summed E-state index contributed by atoms with van der Waals surface area (Å²) in [7, 11) is 4.02. The molecule has 1 heterocycles. The van der Waals surface area contributed by atoms with Crippen LogP contribution in [0.5, 0.6) is 0 Å². The maximum absolute atomic E-state index is 13.3. The van der Waals surface area contributed by atoms with Gasteiger partial charge in [0.05, 0.1) is 12.7 Å². The van der Waals surface area contributed by atoms with Crippen molar-refractivity contribution in [2.45, 2.75) is 257 Å². The lowest BCUT2D eigenvalue weighted by atomic mass is 10.1. The molecule has 1 aliphatic rings. The number of hydrogen-bond acceptors (Lipinski definition) is 9. The molecule has 1 saturated heterocycles. The Morgan fingerprint density at radius 2 is 0.895 bits per heavy atom. The molecule has 3 unspecified atom stereocenters. The second-order valence-electron chi connectivity index (χ2n) is 17.2. The van der Waals surface area contributed by atoms with E-state index in [1.165, 1.54) is 128 Å². The van der Waals surface area contributed by atoms with Crippen molar-refractivity contribution in [3.05, 3.63) is 0 Å². The van der Waals surface area contributed by atoms with Crippen molar-refractivity contribution in [2.24, 2.45) is 0 Å². The quantitative estimate of drug-likeness (QED) is 0.0339. The summed E-state index contributed by atoms with van der Waals surface area (Å²) < 4.78 is 30.2. The van der Waals surface area contributed by atoms with Crippen LogP contribution in [0.4, 0.5) is 0 Å². The lowest BCUT2D eigenvalue weighted by Crippen LogP contribution is -2.47. The van der Waals surface area contributed by atoms with Gasteiger partial charge in [-0.05, 0) is 39.8 Å². The summed E-state index contributed by atoms with van der Waals surface area (Å²) >= 11 is 0. The van der Waals surface area contributed by atoms with Crippen LogP contribution in [0.3, 0.4) is 0 Å². The van der Waals surface area contributed by atoms with Gasteiger partial charge in [0.2, 0.25) is 0 Å². The van der Waals surface area contributed by atoms with Crippen molar-refractivity contribution in [3.63, 3.8) is 0 Å². The summed E-state index contributed by atoms with van der Waals surface area (Å²) in [5.41, 5.74) is 0. The third-order valence-corrected chi connectivity index (χ3v) is 11.2. The van der Waals surface area contributed by atoms with Crippen LogP contribution in [0.2, 0.25) is 0 Å². The zero-order valence-corrected chi connectivity index (χ0v) is 38.0. The van der Waals surface area contributed by atoms with E-state index in [4.69, 9.17) is 23.7 Å². The molecule has 0 aromatic carbocycles. The van der Waals surface area contributed by atoms with E-state index in [2.05, 4.69) is 25.7 Å². The summed E-state index contributed by atoms with van der Waals surface area (Å²) in [5.74, 6) is -1.09. The number of ether oxygens (including phenoxy) is 5. The molecule has 4 atom stereocenters. The molecule has 0 aliphatic carbocycles. The third kappa shape index (κ3) is 31.8. The third-order valence-electron chi connectivity index (χ3n) is 11.2. The lowest BCUT2D eigenvalue weighted by molar-refractivity contribution is -0.210. The molecule has 0 N–H and O–H groups in total. The minimum absolute atomic E-state index is 0.183. The fourth-order valence-electron chi connectivity index (χ4n) is 7.48. The largest absolute Gasteiger partial charge is 0.462 e. The Hall–Kier alpha value is -1.71. The van der Waals surface area contributed by atoms with Gasteiger partial charge in [-0.25, -0.2) is 0 Å². The van der Waals surface area contributed by atoms with Crippen LogP contribution in [0, 0.1) is 0 Å². The van der Waals surface area contributed by atoms with E-state index in [0.29, 0.717) is 13.0 Å². The van der Waals surface area contributed by atoms with Crippen LogP contribution in [-0.2, 0) is 38.1 Å². The van der Waals surface area contributed by atoms with Crippen LogP contribution >= 0.6 is 0 Å². The molecular formula is C48H91NO8. The molecule has 0 amide bonds. The molecule has 57 heavy (non-hydrogen) atoms. The van der Waals surface area contributed by atoms with E-state index in [9.17, 15) is 14.4 Å². The highest BCUT2D eigenvalue weighted by Gasteiger charge is 2.42. The predicted molar refractivity (Wildman–Crippen MR) is 233 cm³/mol. The normalized spacial score (nSPS) is 16.5. The van der Waals surface area contributed by atoms with E-state index in [-0.39, 0.29) is 43.5 Å². The molecule has 9 heteroatoms. The SMILES string of the molecule is CCCCCCCCCCCCCC(=O)OC(COC(=O)CCCCCCCCCCC)C(OC(=O)CCCCCCCCCCC)[C@@H]1OCC(CCN(C)C)O1. The first kappa shape index (κ1) is 53.3. The van der Waals surface area contributed by atoms with Gasteiger partial charge in [0.1, 0.15) is 6.61 Å². The van der Waals surface area contributed by atoms with E-state index in [0.717, 1.165) is 70.8 Å². The predicted octanol–water partition coefficient (Wildman–Crippen LogP) is 12.6. The first-order valence-corrected chi connectivity index (χ1v) is 24.3. The van der Waals surface area contributed by atoms with Crippen LogP contribution in [0.25, 0.3) is 0 Å². The number of carbonyl (C=O) groups excluding carboxylic acids is 3. The topological polar surface area (TPSA) is 101 Å². The van der Waals surface area contributed by atoms with Gasteiger partial charge in [-0.1, -0.05) is 188 Å². The summed E-state index contributed by atoms with van der Waals surface area (Å²) in [4.78, 5) is 41.7. The van der Waals surface area contributed by atoms with Crippen molar-refractivity contribution in [2.75, 3.05) is 33.9 Å². The second kappa shape index (κ2) is 38.5. The zero-order valence-electron chi connectivity index (χ0n) is 38.0.